The summed E-state index contributed by atoms with van der Waals surface area (Å²) >= 11 is 0. The number of amides is 1. The summed E-state index contributed by atoms with van der Waals surface area (Å²) in [5.74, 6) is 1.46. The van der Waals surface area contributed by atoms with E-state index in [1.54, 1.807) is 35.4 Å². The lowest BCUT2D eigenvalue weighted by Gasteiger charge is -2.34. The molecule has 4 aromatic rings. The monoisotopic (exact) mass is 678 g/mol. The van der Waals surface area contributed by atoms with Crippen molar-refractivity contribution >= 4 is 63.3 Å². The summed E-state index contributed by atoms with van der Waals surface area (Å²) in [6.07, 6.45) is 3.30. The molecule has 12 nitrogen and oxygen atoms in total. The zero-order valence-electron chi connectivity index (χ0n) is 25.9. The molecule has 0 saturated carbocycles. The van der Waals surface area contributed by atoms with Crippen molar-refractivity contribution in [3.05, 3.63) is 66.6 Å². The third-order valence-corrected chi connectivity index (χ3v) is 9.34. The molecule has 0 radical (unpaired) electrons. The quantitative estimate of drug-likeness (QED) is 0.235. The molecule has 45 heavy (non-hydrogen) atoms. The number of likely N-dealkylation sites (N-methyl/N-ethyl adjacent to an activating group) is 1. The molecule has 244 valence electrons. The predicted molar refractivity (Wildman–Crippen MR) is 181 cm³/mol. The molecule has 1 saturated heterocycles. The van der Waals surface area contributed by atoms with Crippen LogP contribution in [0.1, 0.15) is 19.4 Å². The summed E-state index contributed by atoms with van der Waals surface area (Å²) in [4.78, 5) is 27.2. The summed E-state index contributed by atoms with van der Waals surface area (Å²) in [5.41, 5.74) is 2.44. The van der Waals surface area contributed by atoms with Gasteiger partial charge in [0.1, 0.15) is 17.9 Å². The highest BCUT2D eigenvalue weighted by atomic mass is 35.5. The zero-order valence-corrected chi connectivity index (χ0v) is 28.3. The molecule has 1 amide bonds. The van der Waals surface area contributed by atoms with Gasteiger partial charge in [0.25, 0.3) is 0 Å². The van der Waals surface area contributed by atoms with E-state index in [-0.39, 0.29) is 35.6 Å². The molecule has 0 aliphatic carbocycles. The van der Waals surface area contributed by atoms with Crippen LogP contribution in [-0.2, 0) is 21.4 Å². The highest BCUT2D eigenvalue weighted by molar-refractivity contribution is 7.89. The van der Waals surface area contributed by atoms with Crippen LogP contribution in [0.25, 0.3) is 11.0 Å². The van der Waals surface area contributed by atoms with Gasteiger partial charge in [0.05, 0.1) is 29.6 Å². The standard InChI is InChI=1S/C30H38N8O4S.2ClH/c1-5-42-26-8-6-7-24(19-26)21-38-30-28(20-33-38)29(31-22-32-30)35-14-16-36(17-15-35)43(40,41)27-11-9-25(10-12-27)37(23(2)39)18-13-34(3)4;;/h6-12,19-20,22H,5,13-18,21H2,1-4H3;2*1H. The fraction of sp³-hybridized carbons (Fsp3) is 0.400. The number of sulfonamides is 1. The summed E-state index contributed by atoms with van der Waals surface area (Å²) in [5, 5.41) is 5.40. The van der Waals surface area contributed by atoms with E-state index in [0.717, 1.165) is 22.5 Å². The summed E-state index contributed by atoms with van der Waals surface area (Å²) < 4.78 is 35.9. The molecule has 15 heteroatoms. The average Bonchev–Trinajstić information content (AvgIpc) is 3.40. The highest BCUT2D eigenvalue weighted by Gasteiger charge is 2.30. The van der Waals surface area contributed by atoms with Crippen LogP contribution in [0.4, 0.5) is 11.5 Å². The predicted octanol–water partition coefficient (Wildman–Crippen LogP) is 3.54. The van der Waals surface area contributed by atoms with Crippen LogP contribution < -0.4 is 14.5 Å². The lowest BCUT2D eigenvalue weighted by Crippen LogP contribution is -2.49. The lowest BCUT2D eigenvalue weighted by molar-refractivity contribution is -0.116. The van der Waals surface area contributed by atoms with Gasteiger partial charge in [-0.15, -0.1) is 24.8 Å². The Hall–Kier alpha value is -3.49. The van der Waals surface area contributed by atoms with Crippen LogP contribution in [0, 0.1) is 0 Å². The summed E-state index contributed by atoms with van der Waals surface area (Å²) in [6, 6.07) is 14.5. The number of piperazine rings is 1. The SMILES string of the molecule is CCOc1cccc(Cn2ncc3c(N4CCN(S(=O)(=O)c5ccc(N(CCN(C)C)C(C)=O)cc5)CC4)ncnc32)c1.Cl.Cl. The summed E-state index contributed by atoms with van der Waals surface area (Å²) in [6.45, 7) is 7.41. The Kier molecular flexibility index (Phi) is 12.5. The molecule has 5 rings (SSSR count). The fourth-order valence-electron chi connectivity index (χ4n) is 5.18. The largest absolute Gasteiger partial charge is 0.494 e. The number of aromatic nitrogens is 4. The summed E-state index contributed by atoms with van der Waals surface area (Å²) in [7, 11) is 0.185. The Morgan fingerprint density at radius 1 is 0.978 bits per heavy atom. The number of carbonyl (C=O) groups is 1. The van der Waals surface area contributed by atoms with Crippen LogP contribution in [-0.4, -0.2) is 103 Å². The molecule has 1 aliphatic rings. The van der Waals surface area contributed by atoms with Crippen LogP contribution in [0.15, 0.2) is 66.0 Å². The first-order valence-electron chi connectivity index (χ1n) is 14.3. The first kappa shape index (κ1) is 36.0. The normalized spacial score (nSPS) is 13.8. The minimum Gasteiger partial charge on any atom is -0.494 e. The molecule has 2 aromatic carbocycles. The molecule has 2 aromatic heterocycles. The van der Waals surface area contributed by atoms with Crippen molar-refractivity contribution in [1.82, 2.24) is 29.0 Å². The molecule has 0 bridgehead atoms. The van der Waals surface area contributed by atoms with Gasteiger partial charge in [0.2, 0.25) is 15.9 Å². The number of anilines is 2. The average molecular weight is 680 g/mol. The third kappa shape index (κ3) is 8.22. The van der Waals surface area contributed by atoms with Gasteiger partial charge in [-0.05, 0) is 63.0 Å². The van der Waals surface area contributed by atoms with Crippen LogP contribution in [0.5, 0.6) is 5.75 Å². The van der Waals surface area contributed by atoms with Crippen molar-refractivity contribution in [3.63, 3.8) is 0 Å². The van der Waals surface area contributed by atoms with Crippen molar-refractivity contribution in [2.75, 3.05) is 69.8 Å². The number of hydrogen-bond donors (Lipinski definition) is 0. The molecule has 0 N–H and O–H groups in total. The second-order valence-electron chi connectivity index (χ2n) is 10.7. The maximum Gasteiger partial charge on any atom is 0.243 e. The Bertz CT molecular complexity index is 1680. The smallest absolute Gasteiger partial charge is 0.243 e. The van der Waals surface area contributed by atoms with Gasteiger partial charge < -0.3 is 19.4 Å². The number of rotatable bonds is 11. The number of carbonyl (C=O) groups excluding carboxylic acids is 1. The number of benzene rings is 2. The van der Waals surface area contributed by atoms with E-state index in [1.165, 1.54) is 17.6 Å². The molecule has 1 aliphatic heterocycles. The first-order chi connectivity index (χ1) is 20.7. The van der Waals surface area contributed by atoms with E-state index in [9.17, 15) is 13.2 Å². The molecule has 3 heterocycles. The van der Waals surface area contributed by atoms with Crippen LogP contribution in [0.2, 0.25) is 0 Å². The number of nitrogens with zero attached hydrogens (tertiary/aromatic N) is 8. The Labute approximate surface area is 276 Å². The van der Waals surface area contributed by atoms with E-state index >= 15 is 0 Å². The van der Waals surface area contributed by atoms with E-state index in [0.29, 0.717) is 63.8 Å². The van der Waals surface area contributed by atoms with Gasteiger partial charge in [-0.2, -0.15) is 9.40 Å². The first-order valence-corrected chi connectivity index (χ1v) is 15.8. The second-order valence-corrected chi connectivity index (χ2v) is 12.6. The maximum atomic E-state index is 13.5. The number of fused-ring (bicyclic) bond motifs is 1. The van der Waals surface area contributed by atoms with Crippen molar-refractivity contribution in [3.8, 4) is 5.75 Å². The maximum absolute atomic E-state index is 13.5. The van der Waals surface area contributed by atoms with Crippen molar-refractivity contribution in [2.24, 2.45) is 0 Å². The number of ether oxygens (including phenoxy) is 1. The van der Waals surface area contributed by atoms with Crippen molar-refractivity contribution < 1.29 is 17.9 Å². The molecular formula is C30H40Cl2N8O4S. The minimum atomic E-state index is -3.70. The fourth-order valence-corrected chi connectivity index (χ4v) is 6.60. The number of hydrogen-bond acceptors (Lipinski definition) is 9. The van der Waals surface area contributed by atoms with Crippen LogP contribution in [0.3, 0.4) is 0 Å². The molecule has 1 fully saturated rings. The van der Waals surface area contributed by atoms with E-state index < -0.39 is 10.0 Å². The van der Waals surface area contributed by atoms with E-state index in [1.807, 2.05) is 54.9 Å². The van der Waals surface area contributed by atoms with Gasteiger partial charge in [-0.25, -0.2) is 23.1 Å². The van der Waals surface area contributed by atoms with Gasteiger partial charge in [-0.3, -0.25) is 4.79 Å². The number of halogens is 2. The van der Waals surface area contributed by atoms with Crippen molar-refractivity contribution in [2.45, 2.75) is 25.3 Å². The van der Waals surface area contributed by atoms with Gasteiger partial charge in [0, 0.05) is 51.9 Å². The Balaban J connectivity index is 0.00000276. The Morgan fingerprint density at radius 3 is 2.33 bits per heavy atom. The topological polar surface area (TPSA) is 117 Å². The Morgan fingerprint density at radius 2 is 1.69 bits per heavy atom. The third-order valence-electron chi connectivity index (χ3n) is 7.43. The van der Waals surface area contributed by atoms with E-state index in [4.69, 9.17) is 4.74 Å². The lowest BCUT2D eigenvalue weighted by atomic mass is 10.2. The molecule has 0 spiro atoms. The second kappa shape index (κ2) is 15.7. The molecular weight excluding hydrogens is 639 g/mol. The van der Waals surface area contributed by atoms with Gasteiger partial charge in [-0.1, -0.05) is 12.1 Å². The van der Waals surface area contributed by atoms with Gasteiger partial charge in [0.15, 0.2) is 5.65 Å². The zero-order chi connectivity index (χ0) is 30.6. The molecule has 0 atom stereocenters. The minimum absolute atomic E-state index is 0. The van der Waals surface area contributed by atoms with Crippen LogP contribution >= 0.6 is 24.8 Å². The van der Waals surface area contributed by atoms with Crippen molar-refractivity contribution in [1.29, 1.82) is 0 Å². The van der Waals surface area contributed by atoms with E-state index in [2.05, 4.69) is 20.0 Å². The molecule has 0 unspecified atom stereocenters. The van der Waals surface area contributed by atoms with Gasteiger partial charge >= 0.3 is 0 Å². The highest BCUT2D eigenvalue weighted by Crippen LogP contribution is 2.27.